The number of halogens is 1. The number of ether oxygens (including phenoxy) is 2. The molecule has 2 amide bonds. The van der Waals surface area contributed by atoms with E-state index in [1.165, 1.54) is 24.3 Å². The van der Waals surface area contributed by atoms with Crippen LogP contribution in [0.1, 0.15) is 40.2 Å². The zero-order valence-corrected chi connectivity index (χ0v) is 20.9. The minimum absolute atomic E-state index is 0.0661. The molecular formula is C27H29FN2O4S. The Kier molecular flexibility index (Phi) is 7.70. The van der Waals surface area contributed by atoms with E-state index in [0.29, 0.717) is 36.7 Å². The number of hydrogen-bond acceptors (Lipinski definition) is 5. The van der Waals surface area contributed by atoms with Crippen LogP contribution in [0, 0.1) is 18.7 Å². The van der Waals surface area contributed by atoms with Gasteiger partial charge in [0.15, 0.2) is 11.5 Å². The summed E-state index contributed by atoms with van der Waals surface area (Å²) in [5.74, 6) is 0.654. The van der Waals surface area contributed by atoms with Gasteiger partial charge in [-0.3, -0.25) is 9.59 Å². The Morgan fingerprint density at radius 1 is 1.00 bits per heavy atom. The van der Waals surface area contributed by atoms with E-state index in [4.69, 9.17) is 9.47 Å². The molecule has 0 unspecified atom stereocenters. The lowest BCUT2D eigenvalue weighted by Crippen LogP contribution is -2.43. The topological polar surface area (TPSA) is 59.1 Å². The normalized spacial score (nSPS) is 12.1. The first kappa shape index (κ1) is 24.7. The fourth-order valence-electron chi connectivity index (χ4n) is 3.93. The third-order valence-electron chi connectivity index (χ3n) is 5.76. The summed E-state index contributed by atoms with van der Waals surface area (Å²) < 4.78 is 24.3. The molecule has 184 valence electrons. The van der Waals surface area contributed by atoms with E-state index in [0.717, 1.165) is 16.0 Å². The lowest BCUT2D eigenvalue weighted by atomic mass is 10.1. The molecule has 2 heterocycles. The van der Waals surface area contributed by atoms with Crippen molar-refractivity contribution in [3.63, 3.8) is 0 Å². The summed E-state index contributed by atoms with van der Waals surface area (Å²) in [6, 6.07) is 13.1. The van der Waals surface area contributed by atoms with Crippen molar-refractivity contribution in [2.45, 2.75) is 33.9 Å². The number of aryl methyl sites for hydroxylation is 1. The van der Waals surface area contributed by atoms with Crippen LogP contribution in [-0.2, 0) is 17.9 Å². The average Bonchev–Trinajstić information content (AvgIpc) is 3.46. The Morgan fingerprint density at radius 2 is 1.74 bits per heavy atom. The van der Waals surface area contributed by atoms with Gasteiger partial charge in [0.05, 0.1) is 6.54 Å². The summed E-state index contributed by atoms with van der Waals surface area (Å²) in [4.78, 5) is 31.2. The van der Waals surface area contributed by atoms with Crippen LogP contribution >= 0.6 is 11.3 Å². The Hall–Kier alpha value is -3.39. The molecule has 0 bridgehead atoms. The van der Waals surface area contributed by atoms with Gasteiger partial charge in [-0.05, 0) is 71.8 Å². The molecule has 0 N–H and O–H groups in total. The van der Waals surface area contributed by atoms with Crippen molar-refractivity contribution in [3.05, 3.63) is 81.3 Å². The quantitative estimate of drug-likeness (QED) is 0.406. The van der Waals surface area contributed by atoms with Crippen LogP contribution in [-0.4, -0.2) is 41.5 Å². The first-order chi connectivity index (χ1) is 16.8. The van der Waals surface area contributed by atoms with Crippen molar-refractivity contribution in [2.75, 3.05) is 19.9 Å². The average molecular weight is 497 g/mol. The van der Waals surface area contributed by atoms with Crippen molar-refractivity contribution >= 4 is 23.2 Å². The standard InChI is InChI=1S/C27H29FN2O4S/c1-18(2)13-30(27(32)21-5-7-22(28)8-6-21)16-26(31)29(15-25-19(3)10-11-35-25)14-20-4-9-23-24(12-20)34-17-33-23/h4-12,18H,13-17H2,1-3H3. The van der Waals surface area contributed by atoms with Crippen molar-refractivity contribution in [3.8, 4) is 11.5 Å². The van der Waals surface area contributed by atoms with Gasteiger partial charge in [0.2, 0.25) is 12.7 Å². The van der Waals surface area contributed by atoms with Crippen molar-refractivity contribution < 1.29 is 23.5 Å². The van der Waals surface area contributed by atoms with Crippen LogP contribution in [0.3, 0.4) is 0 Å². The predicted octanol–water partition coefficient (Wildman–Crippen LogP) is 5.25. The van der Waals surface area contributed by atoms with E-state index in [9.17, 15) is 14.0 Å². The second kappa shape index (κ2) is 10.9. The molecule has 4 rings (SSSR count). The lowest BCUT2D eigenvalue weighted by molar-refractivity contribution is -0.133. The number of benzene rings is 2. The summed E-state index contributed by atoms with van der Waals surface area (Å²) >= 11 is 1.61. The Balaban J connectivity index is 1.56. The number of nitrogens with zero attached hydrogens (tertiary/aromatic N) is 2. The van der Waals surface area contributed by atoms with E-state index >= 15 is 0 Å². The maximum atomic E-state index is 13.6. The highest BCUT2D eigenvalue weighted by atomic mass is 32.1. The molecule has 1 aromatic heterocycles. The molecule has 2 aromatic carbocycles. The molecule has 0 radical (unpaired) electrons. The Morgan fingerprint density at radius 3 is 2.43 bits per heavy atom. The summed E-state index contributed by atoms with van der Waals surface area (Å²) in [7, 11) is 0. The Bertz CT molecular complexity index is 1190. The molecule has 0 spiro atoms. The molecule has 35 heavy (non-hydrogen) atoms. The lowest BCUT2D eigenvalue weighted by Gasteiger charge is -2.29. The fourth-order valence-corrected chi connectivity index (χ4v) is 4.85. The Labute approximate surface area is 208 Å². The monoisotopic (exact) mass is 496 g/mol. The summed E-state index contributed by atoms with van der Waals surface area (Å²) in [6.07, 6.45) is 0. The third-order valence-corrected chi connectivity index (χ3v) is 6.76. The number of carbonyl (C=O) groups excluding carboxylic acids is 2. The van der Waals surface area contributed by atoms with Gasteiger partial charge in [-0.15, -0.1) is 11.3 Å². The van der Waals surface area contributed by atoms with Gasteiger partial charge in [0, 0.05) is 23.5 Å². The van der Waals surface area contributed by atoms with Gasteiger partial charge in [-0.1, -0.05) is 19.9 Å². The van der Waals surface area contributed by atoms with Crippen LogP contribution in [0.15, 0.2) is 53.9 Å². The molecule has 0 atom stereocenters. The van der Waals surface area contributed by atoms with Crippen molar-refractivity contribution in [2.24, 2.45) is 5.92 Å². The third kappa shape index (κ3) is 6.19. The molecule has 1 aliphatic rings. The first-order valence-corrected chi connectivity index (χ1v) is 12.4. The van der Waals surface area contributed by atoms with Gasteiger partial charge in [-0.2, -0.15) is 0 Å². The number of carbonyl (C=O) groups is 2. The molecular weight excluding hydrogens is 467 g/mol. The van der Waals surface area contributed by atoms with Gasteiger partial charge < -0.3 is 19.3 Å². The summed E-state index contributed by atoms with van der Waals surface area (Å²) in [6.45, 7) is 7.36. The van der Waals surface area contributed by atoms with E-state index in [2.05, 4.69) is 0 Å². The molecule has 8 heteroatoms. The number of hydrogen-bond donors (Lipinski definition) is 0. The second-order valence-corrected chi connectivity index (χ2v) is 10.1. The fraction of sp³-hybridized carbons (Fsp3) is 0.333. The molecule has 3 aromatic rings. The van der Waals surface area contributed by atoms with E-state index in [1.807, 2.05) is 50.4 Å². The largest absolute Gasteiger partial charge is 0.454 e. The highest BCUT2D eigenvalue weighted by Gasteiger charge is 2.25. The molecule has 0 saturated heterocycles. The molecule has 6 nitrogen and oxygen atoms in total. The van der Waals surface area contributed by atoms with E-state index in [1.54, 1.807) is 21.1 Å². The number of thiophene rings is 1. The second-order valence-electron chi connectivity index (χ2n) is 9.05. The highest BCUT2D eigenvalue weighted by Crippen LogP contribution is 2.33. The molecule has 0 saturated carbocycles. The van der Waals surface area contributed by atoms with Crippen LogP contribution in [0.2, 0.25) is 0 Å². The first-order valence-electron chi connectivity index (χ1n) is 11.5. The maximum Gasteiger partial charge on any atom is 0.254 e. The van der Waals surface area contributed by atoms with Gasteiger partial charge in [-0.25, -0.2) is 4.39 Å². The minimum atomic E-state index is -0.408. The van der Waals surface area contributed by atoms with Gasteiger partial charge in [0.1, 0.15) is 12.4 Å². The van der Waals surface area contributed by atoms with Gasteiger partial charge in [0.25, 0.3) is 5.91 Å². The van der Waals surface area contributed by atoms with Crippen LogP contribution in [0.25, 0.3) is 0 Å². The zero-order valence-electron chi connectivity index (χ0n) is 20.1. The van der Waals surface area contributed by atoms with Crippen LogP contribution < -0.4 is 9.47 Å². The number of amides is 2. The van der Waals surface area contributed by atoms with Gasteiger partial charge >= 0.3 is 0 Å². The summed E-state index contributed by atoms with van der Waals surface area (Å²) in [5, 5.41) is 2.01. The van der Waals surface area contributed by atoms with Crippen LogP contribution in [0.4, 0.5) is 4.39 Å². The number of rotatable bonds is 9. The minimum Gasteiger partial charge on any atom is -0.454 e. The summed E-state index contributed by atoms with van der Waals surface area (Å²) in [5.41, 5.74) is 2.40. The molecule has 1 aliphatic heterocycles. The SMILES string of the molecule is Cc1ccsc1CN(Cc1ccc2c(c1)OCO2)C(=O)CN(CC(C)C)C(=O)c1ccc(F)cc1. The highest BCUT2D eigenvalue weighted by molar-refractivity contribution is 7.10. The molecule has 0 fully saturated rings. The van der Waals surface area contributed by atoms with Crippen LogP contribution in [0.5, 0.6) is 11.5 Å². The number of fused-ring (bicyclic) bond motifs is 1. The molecule has 0 aliphatic carbocycles. The maximum absolute atomic E-state index is 13.6. The van der Waals surface area contributed by atoms with E-state index in [-0.39, 0.29) is 31.1 Å². The zero-order chi connectivity index (χ0) is 24.9. The smallest absolute Gasteiger partial charge is 0.254 e. The van der Waals surface area contributed by atoms with Crippen molar-refractivity contribution in [1.82, 2.24) is 9.80 Å². The predicted molar refractivity (Wildman–Crippen MR) is 133 cm³/mol. The van der Waals surface area contributed by atoms with E-state index < -0.39 is 5.82 Å². The van der Waals surface area contributed by atoms with Crippen molar-refractivity contribution in [1.29, 1.82) is 0 Å².